The zero-order valence-electron chi connectivity index (χ0n) is 10.1. The smallest absolute Gasteiger partial charge is 0.222 e. The molecule has 0 saturated carbocycles. The van der Waals surface area contributed by atoms with E-state index in [1.54, 1.807) is 6.20 Å². The van der Waals surface area contributed by atoms with Crippen LogP contribution in [0.5, 0.6) is 11.6 Å². The number of hydrogen-bond acceptors (Lipinski definition) is 3. The van der Waals surface area contributed by atoms with Gasteiger partial charge in [-0.25, -0.2) is 4.98 Å². The van der Waals surface area contributed by atoms with Gasteiger partial charge < -0.3 is 10.5 Å². The number of halogens is 1. The SMILES string of the molecule is CC(N)Cc1cccnc1Oc1cccc(I)c1. The van der Waals surface area contributed by atoms with E-state index < -0.39 is 0 Å². The summed E-state index contributed by atoms with van der Waals surface area (Å²) in [4.78, 5) is 4.28. The van der Waals surface area contributed by atoms with E-state index in [9.17, 15) is 0 Å². The Hall–Kier alpha value is -1.14. The minimum Gasteiger partial charge on any atom is -0.439 e. The molecular weight excluding hydrogens is 339 g/mol. The fraction of sp³-hybridized carbons (Fsp3) is 0.214. The van der Waals surface area contributed by atoms with Gasteiger partial charge in [-0.1, -0.05) is 12.1 Å². The molecule has 4 heteroatoms. The zero-order chi connectivity index (χ0) is 13.0. The van der Waals surface area contributed by atoms with Crippen molar-refractivity contribution in [1.29, 1.82) is 0 Å². The molecule has 2 rings (SSSR count). The molecule has 0 aliphatic rings. The highest BCUT2D eigenvalue weighted by Crippen LogP contribution is 2.24. The molecule has 94 valence electrons. The second-order valence-corrected chi connectivity index (χ2v) is 5.45. The van der Waals surface area contributed by atoms with Gasteiger partial charge in [-0.05, 0) is 60.2 Å². The predicted molar refractivity (Wildman–Crippen MR) is 80.8 cm³/mol. The van der Waals surface area contributed by atoms with Crippen molar-refractivity contribution in [2.45, 2.75) is 19.4 Å². The van der Waals surface area contributed by atoms with E-state index in [0.717, 1.165) is 21.3 Å². The monoisotopic (exact) mass is 354 g/mol. The summed E-state index contributed by atoms with van der Waals surface area (Å²) in [7, 11) is 0. The minimum absolute atomic E-state index is 0.0902. The second kappa shape index (κ2) is 6.15. The maximum Gasteiger partial charge on any atom is 0.222 e. The van der Waals surface area contributed by atoms with E-state index in [2.05, 4.69) is 27.6 Å². The number of rotatable bonds is 4. The molecule has 0 fully saturated rings. The highest BCUT2D eigenvalue weighted by molar-refractivity contribution is 14.1. The number of hydrogen-bond donors (Lipinski definition) is 1. The van der Waals surface area contributed by atoms with Crippen LogP contribution >= 0.6 is 22.6 Å². The van der Waals surface area contributed by atoms with Gasteiger partial charge in [0.25, 0.3) is 0 Å². The van der Waals surface area contributed by atoms with Gasteiger partial charge in [-0.15, -0.1) is 0 Å². The molecule has 0 saturated heterocycles. The van der Waals surface area contributed by atoms with E-state index in [0.29, 0.717) is 5.88 Å². The summed E-state index contributed by atoms with van der Waals surface area (Å²) < 4.78 is 6.95. The number of pyridine rings is 1. The van der Waals surface area contributed by atoms with Gasteiger partial charge in [-0.3, -0.25) is 0 Å². The van der Waals surface area contributed by atoms with Crippen LogP contribution in [0.4, 0.5) is 0 Å². The first-order valence-corrected chi connectivity index (χ1v) is 6.86. The summed E-state index contributed by atoms with van der Waals surface area (Å²) in [6.07, 6.45) is 2.49. The van der Waals surface area contributed by atoms with Crippen LogP contribution in [0, 0.1) is 3.57 Å². The summed E-state index contributed by atoms with van der Waals surface area (Å²) >= 11 is 2.26. The van der Waals surface area contributed by atoms with Crippen molar-refractivity contribution in [2.75, 3.05) is 0 Å². The average Bonchev–Trinajstić information content (AvgIpc) is 2.31. The highest BCUT2D eigenvalue weighted by atomic mass is 127. The topological polar surface area (TPSA) is 48.1 Å². The maximum atomic E-state index is 5.83. The number of benzene rings is 1. The Morgan fingerprint density at radius 3 is 2.89 bits per heavy atom. The van der Waals surface area contributed by atoms with Crippen molar-refractivity contribution < 1.29 is 4.74 Å². The Kier molecular flexibility index (Phi) is 4.54. The molecule has 1 aromatic carbocycles. The van der Waals surface area contributed by atoms with E-state index in [-0.39, 0.29) is 6.04 Å². The van der Waals surface area contributed by atoms with Crippen molar-refractivity contribution in [3.63, 3.8) is 0 Å². The Bertz CT molecular complexity index is 529. The van der Waals surface area contributed by atoms with Crippen LogP contribution in [0.25, 0.3) is 0 Å². The van der Waals surface area contributed by atoms with Crippen LogP contribution in [0.15, 0.2) is 42.6 Å². The van der Waals surface area contributed by atoms with E-state index >= 15 is 0 Å². The Balaban J connectivity index is 2.23. The molecule has 3 nitrogen and oxygen atoms in total. The lowest BCUT2D eigenvalue weighted by molar-refractivity contribution is 0.453. The zero-order valence-corrected chi connectivity index (χ0v) is 12.3. The lowest BCUT2D eigenvalue weighted by Crippen LogP contribution is -2.18. The van der Waals surface area contributed by atoms with Gasteiger partial charge in [0.1, 0.15) is 5.75 Å². The third-order valence-electron chi connectivity index (χ3n) is 2.40. The molecule has 1 heterocycles. The largest absolute Gasteiger partial charge is 0.439 e. The summed E-state index contributed by atoms with van der Waals surface area (Å²) in [5.74, 6) is 1.43. The summed E-state index contributed by atoms with van der Waals surface area (Å²) in [5.41, 5.74) is 6.86. The summed E-state index contributed by atoms with van der Waals surface area (Å²) in [5, 5.41) is 0. The van der Waals surface area contributed by atoms with Crippen LogP contribution < -0.4 is 10.5 Å². The van der Waals surface area contributed by atoms with Crippen molar-refractivity contribution in [3.05, 3.63) is 51.7 Å². The lowest BCUT2D eigenvalue weighted by Gasteiger charge is -2.11. The molecule has 0 bridgehead atoms. The Labute approximate surface area is 121 Å². The third kappa shape index (κ3) is 3.68. The van der Waals surface area contributed by atoms with Crippen molar-refractivity contribution >= 4 is 22.6 Å². The fourth-order valence-corrected chi connectivity index (χ4v) is 2.17. The van der Waals surface area contributed by atoms with Crippen molar-refractivity contribution in [1.82, 2.24) is 4.98 Å². The van der Waals surface area contributed by atoms with Gasteiger partial charge in [-0.2, -0.15) is 0 Å². The van der Waals surface area contributed by atoms with E-state index in [1.165, 1.54) is 0 Å². The quantitative estimate of drug-likeness (QED) is 0.857. The molecule has 0 aliphatic heterocycles. The molecule has 2 N–H and O–H groups in total. The standard InChI is InChI=1S/C14H15IN2O/c1-10(16)8-11-4-3-7-17-14(11)18-13-6-2-5-12(15)9-13/h2-7,9-10H,8,16H2,1H3. The van der Waals surface area contributed by atoms with Gasteiger partial charge in [0.05, 0.1) is 0 Å². The number of nitrogens with zero attached hydrogens (tertiary/aromatic N) is 1. The van der Waals surface area contributed by atoms with Gasteiger partial charge in [0.15, 0.2) is 0 Å². The molecule has 1 aromatic heterocycles. The summed E-state index contributed by atoms with van der Waals surface area (Å²) in [6, 6.07) is 11.9. The first kappa shape index (κ1) is 13.3. The Morgan fingerprint density at radius 2 is 2.17 bits per heavy atom. The van der Waals surface area contributed by atoms with E-state index in [4.69, 9.17) is 10.5 Å². The second-order valence-electron chi connectivity index (χ2n) is 4.21. The van der Waals surface area contributed by atoms with Gasteiger partial charge in [0.2, 0.25) is 5.88 Å². The molecule has 0 spiro atoms. The summed E-state index contributed by atoms with van der Waals surface area (Å²) in [6.45, 7) is 1.97. The molecule has 1 unspecified atom stereocenters. The molecule has 0 amide bonds. The molecule has 2 aromatic rings. The first-order chi connectivity index (χ1) is 8.65. The average molecular weight is 354 g/mol. The minimum atomic E-state index is 0.0902. The number of nitrogens with two attached hydrogens (primary N) is 1. The molecular formula is C14H15IN2O. The third-order valence-corrected chi connectivity index (χ3v) is 3.07. The molecule has 0 aliphatic carbocycles. The van der Waals surface area contributed by atoms with Crippen LogP contribution in [0.2, 0.25) is 0 Å². The maximum absolute atomic E-state index is 5.83. The molecule has 1 atom stereocenters. The molecule has 0 radical (unpaired) electrons. The predicted octanol–water partition coefficient (Wildman–Crippen LogP) is 3.37. The lowest BCUT2D eigenvalue weighted by atomic mass is 10.1. The van der Waals surface area contributed by atoms with Crippen molar-refractivity contribution in [3.8, 4) is 11.6 Å². The number of ether oxygens (including phenoxy) is 1. The van der Waals surface area contributed by atoms with Gasteiger partial charge in [0, 0.05) is 21.4 Å². The van der Waals surface area contributed by atoms with Crippen LogP contribution in [0.3, 0.4) is 0 Å². The van der Waals surface area contributed by atoms with Crippen molar-refractivity contribution in [2.24, 2.45) is 5.73 Å². The molecule has 18 heavy (non-hydrogen) atoms. The highest BCUT2D eigenvalue weighted by Gasteiger charge is 2.08. The number of aromatic nitrogens is 1. The van der Waals surface area contributed by atoms with Crippen LogP contribution in [0.1, 0.15) is 12.5 Å². The van der Waals surface area contributed by atoms with Gasteiger partial charge >= 0.3 is 0 Å². The Morgan fingerprint density at radius 1 is 1.33 bits per heavy atom. The normalized spacial score (nSPS) is 12.2. The van der Waals surface area contributed by atoms with Crippen LogP contribution in [-0.4, -0.2) is 11.0 Å². The van der Waals surface area contributed by atoms with Crippen LogP contribution in [-0.2, 0) is 6.42 Å². The van der Waals surface area contributed by atoms with E-state index in [1.807, 2.05) is 43.3 Å². The first-order valence-electron chi connectivity index (χ1n) is 5.78. The fourth-order valence-electron chi connectivity index (χ4n) is 1.66.